The molecule has 0 N–H and O–H groups in total. The summed E-state index contributed by atoms with van der Waals surface area (Å²) in [6, 6.07) is 0. The van der Waals surface area contributed by atoms with Crippen LogP contribution in [0.25, 0.3) is 0 Å². The van der Waals surface area contributed by atoms with Crippen molar-refractivity contribution in [3.05, 3.63) is 12.2 Å². The minimum absolute atomic E-state index is 0.304. The third-order valence-electron chi connectivity index (χ3n) is 8.42. The molecule has 0 aromatic carbocycles. The van der Waals surface area contributed by atoms with Gasteiger partial charge in [0.25, 0.3) is 0 Å². The molecule has 6 atom stereocenters. The average molecular weight is 288 g/mol. The number of allylic oxidation sites excluding steroid dienone is 1. The molecule has 7 aliphatic rings. The summed E-state index contributed by atoms with van der Waals surface area (Å²) < 4.78 is 5.75. The van der Waals surface area contributed by atoms with Crippen molar-refractivity contribution in [2.24, 2.45) is 34.5 Å². The van der Waals surface area contributed by atoms with Gasteiger partial charge in [-0.1, -0.05) is 39.8 Å². The fourth-order valence-corrected chi connectivity index (χ4v) is 6.24. The smallest absolute Gasteiger partial charge is 0.0953 e. The highest BCUT2D eigenvalue weighted by Crippen LogP contribution is 2.70. The van der Waals surface area contributed by atoms with E-state index in [1.807, 2.05) is 0 Å². The monoisotopic (exact) mass is 288 g/mol. The average Bonchev–Trinajstić information content (AvgIpc) is 3.10. The lowest BCUT2D eigenvalue weighted by molar-refractivity contribution is -0.0789. The molecule has 6 unspecified atom stereocenters. The topological polar surface area (TPSA) is 12.5 Å². The van der Waals surface area contributed by atoms with Gasteiger partial charge >= 0.3 is 0 Å². The molecule has 0 radical (unpaired) electrons. The highest BCUT2D eigenvalue weighted by molar-refractivity contribution is 5.20. The Hall–Kier alpha value is -0.300. The van der Waals surface area contributed by atoms with E-state index in [1.54, 1.807) is 0 Å². The first-order chi connectivity index (χ1) is 9.67. The molecule has 7 rings (SSSR count). The van der Waals surface area contributed by atoms with Crippen LogP contribution in [0, 0.1) is 34.5 Å². The molecule has 1 aliphatic heterocycles. The third kappa shape index (κ3) is 1.73. The van der Waals surface area contributed by atoms with Crippen LogP contribution in [0.15, 0.2) is 12.2 Å². The van der Waals surface area contributed by atoms with E-state index in [9.17, 15) is 0 Å². The number of hydrogen-bond acceptors (Lipinski definition) is 1. The minimum Gasteiger partial charge on any atom is -0.366 e. The number of fused-ring (bicyclic) bond motifs is 2. The van der Waals surface area contributed by atoms with Gasteiger partial charge in [0, 0.05) is 0 Å². The van der Waals surface area contributed by atoms with E-state index >= 15 is 0 Å². The van der Waals surface area contributed by atoms with Crippen molar-refractivity contribution < 1.29 is 4.74 Å². The van der Waals surface area contributed by atoms with Crippen molar-refractivity contribution in [2.75, 3.05) is 0 Å². The van der Waals surface area contributed by atoms with Crippen LogP contribution in [0.5, 0.6) is 0 Å². The molecule has 1 nitrogen and oxygen atoms in total. The maximum atomic E-state index is 5.75. The summed E-state index contributed by atoms with van der Waals surface area (Å²) in [5.41, 5.74) is 3.02. The highest BCUT2D eigenvalue weighted by atomic mass is 16.6. The van der Waals surface area contributed by atoms with E-state index in [4.69, 9.17) is 4.74 Å². The molecule has 0 spiro atoms. The predicted molar refractivity (Wildman–Crippen MR) is 87.0 cm³/mol. The second kappa shape index (κ2) is 3.96. The molecule has 0 aromatic rings. The van der Waals surface area contributed by atoms with Crippen LogP contribution in [0.4, 0.5) is 0 Å². The number of epoxide rings is 1. The molecule has 6 aliphatic carbocycles. The first-order valence-corrected chi connectivity index (χ1v) is 9.03. The van der Waals surface area contributed by atoms with E-state index in [0.717, 1.165) is 23.7 Å². The van der Waals surface area contributed by atoms with E-state index in [2.05, 4.69) is 41.2 Å². The molecular formula is C20H32O. The van der Waals surface area contributed by atoms with Gasteiger partial charge in [0.05, 0.1) is 11.7 Å². The van der Waals surface area contributed by atoms with Gasteiger partial charge in [-0.25, -0.2) is 0 Å². The predicted octanol–water partition coefficient (Wildman–Crippen LogP) is 5.21. The normalized spacial score (nSPS) is 53.4. The largest absolute Gasteiger partial charge is 0.366 e. The molecule has 1 heterocycles. The van der Waals surface area contributed by atoms with Gasteiger partial charge in [-0.2, -0.15) is 0 Å². The van der Waals surface area contributed by atoms with Crippen LogP contribution in [-0.4, -0.2) is 11.7 Å². The fraction of sp³-hybridized carbons (Fsp3) is 0.900. The zero-order chi connectivity index (χ0) is 15.2. The Labute approximate surface area is 130 Å². The van der Waals surface area contributed by atoms with Crippen LogP contribution >= 0.6 is 0 Å². The molecule has 1 heteroatoms. The van der Waals surface area contributed by atoms with Crippen LogP contribution in [0.1, 0.15) is 66.7 Å². The summed E-state index contributed by atoms with van der Waals surface area (Å²) in [5, 5.41) is 0. The summed E-state index contributed by atoms with van der Waals surface area (Å²) in [6.07, 6.45) is 7.55. The summed E-state index contributed by atoms with van der Waals surface area (Å²) in [7, 11) is 0. The Kier molecular flexibility index (Phi) is 2.70. The van der Waals surface area contributed by atoms with E-state index < -0.39 is 0 Å². The second-order valence-corrected chi connectivity index (χ2v) is 9.84. The molecular weight excluding hydrogens is 256 g/mol. The van der Waals surface area contributed by atoms with Crippen molar-refractivity contribution in [3.63, 3.8) is 0 Å². The van der Waals surface area contributed by atoms with Crippen molar-refractivity contribution in [3.8, 4) is 0 Å². The van der Waals surface area contributed by atoms with Crippen molar-refractivity contribution in [1.82, 2.24) is 0 Å². The van der Waals surface area contributed by atoms with Gasteiger partial charge < -0.3 is 4.74 Å². The molecule has 6 saturated carbocycles. The van der Waals surface area contributed by atoms with Crippen LogP contribution in [-0.2, 0) is 4.74 Å². The van der Waals surface area contributed by atoms with Gasteiger partial charge in [-0.05, 0) is 73.5 Å². The molecule has 7 fully saturated rings. The lowest BCUT2D eigenvalue weighted by atomic mass is 9.46. The maximum absolute atomic E-state index is 5.75. The number of rotatable bonds is 0. The van der Waals surface area contributed by atoms with Gasteiger partial charge in [-0.15, -0.1) is 0 Å². The summed E-state index contributed by atoms with van der Waals surface area (Å²) in [5.74, 6) is 3.71. The molecule has 0 amide bonds. The first kappa shape index (κ1) is 14.3. The van der Waals surface area contributed by atoms with E-state index in [1.165, 1.54) is 37.7 Å². The van der Waals surface area contributed by atoms with Crippen LogP contribution < -0.4 is 0 Å². The van der Waals surface area contributed by atoms with E-state index in [-0.39, 0.29) is 0 Å². The minimum atomic E-state index is 0.304. The maximum Gasteiger partial charge on any atom is 0.0953 e. The second-order valence-electron chi connectivity index (χ2n) is 9.84. The molecule has 4 bridgehead atoms. The fourth-order valence-electron chi connectivity index (χ4n) is 6.24. The SMILES string of the molecule is C=C1CCC2CC1C2(C)C.CC1(C)C2CC3OC3(C)C1C2. The quantitative estimate of drug-likeness (QED) is 0.440. The Morgan fingerprint density at radius 3 is 2.05 bits per heavy atom. The molecule has 1 saturated heterocycles. The van der Waals surface area contributed by atoms with Crippen molar-refractivity contribution >= 4 is 0 Å². The lowest BCUT2D eigenvalue weighted by Crippen LogP contribution is -2.56. The van der Waals surface area contributed by atoms with E-state index in [0.29, 0.717) is 22.5 Å². The Morgan fingerprint density at radius 2 is 1.67 bits per heavy atom. The Balaban J connectivity index is 0.000000110. The first-order valence-electron chi connectivity index (χ1n) is 9.03. The van der Waals surface area contributed by atoms with Crippen LogP contribution in [0.3, 0.4) is 0 Å². The standard InChI is InChI=1S/C10H16O.C10H16/c1-9(2)6-4-7(9)10(3)8(5-6)11-10;1-7-4-5-8-6-9(7)10(8,2)3/h6-8H,4-5H2,1-3H3;8-9H,1,4-6H2,2-3H3. The summed E-state index contributed by atoms with van der Waals surface area (Å²) in [6.45, 7) is 16.1. The van der Waals surface area contributed by atoms with Gasteiger partial charge in [-0.3, -0.25) is 0 Å². The Morgan fingerprint density at radius 1 is 0.952 bits per heavy atom. The lowest BCUT2D eigenvalue weighted by Gasteiger charge is -2.57. The van der Waals surface area contributed by atoms with Crippen molar-refractivity contribution in [2.45, 2.75) is 78.4 Å². The van der Waals surface area contributed by atoms with Gasteiger partial charge in [0.15, 0.2) is 0 Å². The van der Waals surface area contributed by atoms with Gasteiger partial charge in [0.1, 0.15) is 0 Å². The number of hydrogen-bond donors (Lipinski definition) is 0. The number of ether oxygens (including phenoxy) is 1. The van der Waals surface area contributed by atoms with Crippen molar-refractivity contribution in [1.29, 1.82) is 0 Å². The third-order valence-corrected chi connectivity index (χ3v) is 8.42. The highest BCUT2D eigenvalue weighted by Gasteiger charge is 2.72. The van der Waals surface area contributed by atoms with Crippen LogP contribution in [0.2, 0.25) is 0 Å². The van der Waals surface area contributed by atoms with Gasteiger partial charge in [0.2, 0.25) is 0 Å². The molecule has 0 aromatic heterocycles. The zero-order valence-corrected chi connectivity index (χ0v) is 14.5. The summed E-state index contributed by atoms with van der Waals surface area (Å²) >= 11 is 0. The Bertz CT molecular complexity index is 481. The zero-order valence-electron chi connectivity index (χ0n) is 14.5. The summed E-state index contributed by atoms with van der Waals surface area (Å²) in [4.78, 5) is 0. The molecule has 21 heavy (non-hydrogen) atoms. The molecule has 118 valence electrons.